The summed E-state index contributed by atoms with van der Waals surface area (Å²) in [5, 5.41) is 1.44. The normalized spacial score (nSPS) is 12.1. The third kappa shape index (κ3) is 3.84. The summed E-state index contributed by atoms with van der Waals surface area (Å²) in [6.07, 6.45) is 2.65. The molecule has 4 rings (SSSR count). The second kappa shape index (κ2) is 7.97. The number of nitrogens with zero attached hydrogens (tertiary/aromatic N) is 1. The summed E-state index contributed by atoms with van der Waals surface area (Å²) in [5.74, 6) is 0. The minimum Gasteiger partial charge on any atom is -0.341 e. The highest BCUT2D eigenvalue weighted by Gasteiger charge is 2.16. The standard InChI is InChI=1S/C23H19ClN2O3S/c1-2-26-21-9-4-3-8-19(21)20-15-17(11-12-22(20)26)25-30(28,29)18-7-5-6-16(14-18)10-13-23(24)27/h3-15,25H,2H2,1H3/b13-10+. The van der Waals surface area contributed by atoms with Crippen LogP contribution in [0.5, 0.6) is 0 Å². The largest absolute Gasteiger partial charge is 0.341 e. The van der Waals surface area contributed by atoms with Crippen LogP contribution in [0, 0.1) is 0 Å². The molecule has 0 amide bonds. The molecule has 5 nitrogen and oxygen atoms in total. The molecule has 0 saturated carbocycles. The van der Waals surface area contributed by atoms with Crippen molar-refractivity contribution in [1.29, 1.82) is 0 Å². The summed E-state index contributed by atoms with van der Waals surface area (Å²) < 4.78 is 30.7. The van der Waals surface area contributed by atoms with E-state index in [4.69, 9.17) is 11.6 Å². The molecular formula is C23H19ClN2O3S. The monoisotopic (exact) mass is 438 g/mol. The summed E-state index contributed by atoms with van der Waals surface area (Å²) in [7, 11) is -3.80. The Kier molecular flexibility index (Phi) is 5.37. The van der Waals surface area contributed by atoms with Crippen molar-refractivity contribution in [2.75, 3.05) is 4.72 Å². The molecule has 1 heterocycles. The van der Waals surface area contributed by atoms with Crippen molar-refractivity contribution in [2.45, 2.75) is 18.4 Å². The van der Waals surface area contributed by atoms with Crippen LogP contribution in [0.3, 0.4) is 0 Å². The highest BCUT2D eigenvalue weighted by atomic mass is 35.5. The molecular weight excluding hydrogens is 420 g/mol. The maximum Gasteiger partial charge on any atom is 0.261 e. The number of benzene rings is 3. The van der Waals surface area contributed by atoms with E-state index in [-0.39, 0.29) is 4.90 Å². The van der Waals surface area contributed by atoms with Gasteiger partial charge in [-0.15, -0.1) is 0 Å². The van der Waals surface area contributed by atoms with Gasteiger partial charge < -0.3 is 4.57 Å². The molecule has 0 radical (unpaired) electrons. The number of rotatable bonds is 6. The van der Waals surface area contributed by atoms with E-state index in [1.165, 1.54) is 24.3 Å². The molecule has 0 fully saturated rings. The molecule has 0 aliphatic rings. The first kappa shape index (κ1) is 20.2. The Balaban J connectivity index is 1.72. The molecule has 0 aliphatic heterocycles. The van der Waals surface area contributed by atoms with E-state index < -0.39 is 15.3 Å². The van der Waals surface area contributed by atoms with E-state index >= 15 is 0 Å². The van der Waals surface area contributed by atoms with Gasteiger partial charge in [0.1, 0.15) is 0 Å². The second-order valence-corrected chi connectivity index (χ2v) is 8.86. The molecule has 0 bridgehead atoms. The molecule has 0 spiro atoms. The third-order valence-electron chi connectivity index (χ3n) is 4.92. The lowest BCUT2D eigenvalue weighted by molar-refractivity contribution is -0.107. The quantitative estimate of drug-likeness (QED) is 0.324. The Morgan fingerprint density at radius 1 is 1.00 bits per heavy atom. The van der Waals surface area contributed by atoms with Crippen molar-refractivity contribution in [3.63, 3.8) is 0 Å². The van der Waals surface area contributed by atoms with Gasteiger partial charge in [0.15, 0.2) is 0 Å². The van der Waals surface area contributed by atoms with Gasteiger partial charge in [-0.25, -0.2) is 8.42 Å². The van der Waals surface area contributed by atoms with Crippen molar-refractivity contribution in [3.05, 3.63) is 78.4 Å². The first-order chi connectivity index (χ1) is 14.4. The highest BCUT2D eigenvalue weighted by Crippen LogP contribution is 2.31. The Bertz CT molecular complexity index is 1400. The Morgan fingerprint density at radius 3 is 2.53 bits per heavy atom. The maximum atomic E-state index is 12.9. The number of halogens is 1. The number of fused-ring (bicyclic) bond motifs is 3. The van der Waals surface area contributed by atoms with Crippen molar-refractivity contribution < 1.29 is 13.2 Å². The number of carbonyl (C=O) groups excluding carboxylic acids is 1. The second-order valence-electron chi connectivity index (χ2n) is 6.81. The lowest BCUT2D eigenvalue weighted by Gasteiger charge is -2.09. The number of allylic oxidation sites excluding steroid dienone is 1. The summed E-state index contributed by atoms with van der Waals surface area (Å²) in [4.78, 5) is 11.0. The van der Waals surface area contributed by atoms with Gasteiger partial charge in [-0.2, -0.15) is 0 Å². The van der Waals surface area contributed by atoms with Crippen LogP contribution >= 0.6 is 11.6 Å². The topological polar surface area (TPSA) is 68.2 Å². The minimum atomic E-state index is -3.80. The van der Waals surface area contributed by atoms with Gasteiger partial charge in [-0.3, -0.25) is 9.52 Å². The van der Waals surface area contributed by atoms with Crippen LogP contribution in [0.1, 0.15) is 12.5 Å². The predicted molar refractivity (Wildman–Crippen MR) is 122 cm³/mol. The van der Waals surface area contributed by atoms with Gasteiger partial charge in [-0.1, -0.05) is 36.4 Å². The zero-order valence-electron chi connectivity index (χ0n) is 16.2. The van der Waals surface area contributed by atoms with Crippen LogP contribution in [0.4, 0.5) is 5.69 Å². The zero-order chi connectivity index (χ0) is 21.3. The number of aromatic nitrogens is 1. The maximum absolute atomic E-state index is 12.9. The van der Waals surface area contributed by atoms with E-state index in [9.17, 15) is 13.2 Å². The van der Waals surface area contributed by atoms with E-state index in [1.54, 1.807) is 18.2 Å². The predicted octanol–water partition coefficient (Wildman–Crippen LogP) is 5.39. The molecule has 3 aromatic carbocycles. The Hall–Kier alpha value is -3.09. The Labute approximate surface area is 179 Å². The van der Waals surface area contributed by atoms with Gasteiger partial charge in [0.05, 0.1) is 4.90 Å². The average molecular weight is 439 g/mol. The molecule has 0 atom stereocenters. The van der Waals surface area contributed by atoms with Gasteiger partial charge >= 0.3 is 0 Å². The summed E-state index contributed by atoms with van der Waals surface area (Å²) >= 11 is 5.31. The zero-order valence-corrected chi connectivity index (χ0v) is 17.7. The van der Waals surface area contributed by atoms with Crippen LogP contribution in [0.2, 0.25) is 0 Å². The van der Waals surface area contributed by atoms with Crippen molar-refractivity contribution in [1.82, 2.24) is 4.57 Å². The van der Waals surface area contributed by atoms with E-state index in [2.05, 4.69) is 22.3 Å². The molecule has 152 valence electrons. The van der Waals surface area contributed by atoms with Gasteiger partial charge in [0.2, 0.25) is 5.24 Å². The fourth-order valence-corrected chi connectivity index (χ4v) is 4.79. The summed E-state index contributed by atoms with van der Waals surface area (Å²) in [6.45, 7) is 2.90. The molecule has 0 saturated heterocycles. The first-order valence-corrected chi connectivity index (χ1v) is 11.3. The molecule has 7 heteroatoms. The molecule has 0 aliphatic carbocycles. The van der Waals surface area contributed by atoms with Crippen LogP contribution in [-0.4, -0.2) is 18.2 Å². The number of carbonyl (C=O) groups is 1. The minimum absolute atomic E-state index is 0.0998. The average Bonchev–Trinajstić information content (AvgIpc) is 3.05. The van der Waals surface area contributed by atoms with E-state index in [1.807, 2.05) is 30.3 Å². The van der Waals surface area contributed by atoms with Crippen molar-refractivity contribution in [2.24, 2.45) is 0 Å². The van der Waals surface area contributed by atoms with Crippen LogP contribution < -0.4 is 4.72 Å². The smallest absolute Gasteiger partial charge is 0.261 e. The van der Waals surface area contributed by atoms with Crippen LogP contribution in [0.15, 0.2) is 77.7 Å². The van der Waals surface area contributed by atoms with Crippen LogP contribution in [-0.2, 0) is 21.4 Å². The number of anilines is 1. The molecule has 0 unspecified atom stereocenters. The first-order valence-electron chi connectivity index (χ1n) is 9.40. The number of nitrogens with one attached hydrogen (secondary N) is 1. The number of aryl methyl sites for hydroxylation is 1. The summed E-state index contributed by atoms with van der Waals surface area (Å²) in [5.41, 5.74) is 3.22. The van der Waals surface area contributed by atoms with E-state index in [0.29, 0.717) is 11.3 Å². The fourth-order valence-electron chi connectivity index (χ4n) is 3.62. The van der Waals surface area contributed by atoms with Gasteiger partial charge in [0, 0.05) is 34.0 Å². The van der Waals surface area contributed by atoms with Gasteiger partial charge in [-0.05, 0) is 66.6 Å². The molecule has 1 N–H and O–H groups in total. The fraction of sp³-hybridized carbons (Fsp3) is 0.0870. The summed E-state index contributed by atoms with van der Waals surface area (Å²) in [6, 6.07) is 19.9. The highest BCUT2D eigenvalue weighted by molar-refractivity contribution is 7.92. The van der Waals surface area contributed by atoms with Crippen LogP contribution in [0.25, 0.3) is 27.9 Å². The van der Waals surface area contributed by atoms with Gasteiger partial charge in [0.25, 0.3) is 10.0 Å². The number of hydrogen-bond donors (Lipinski definition) is 1. The van der Waals surface area contributed by atoms with E-state index in [0.717, 1.165) is 28.4 Å². The lowest BCUT2D eigenvalue weighted by Crippen LogP contribution is -2.13. The molecule has 30 heavy (non-hydrogen) atoms. The molecule has 4 aromatic rings. The number of sulfonamides is 1. The molecule has 1 aromatic heterocycles. The number of hydrogen-bond acceptors (Lipinski definition) is 3. The van der Waals surface area contributed by atoms with Crippen molar-refractivity contribution in [3.8, 4) is 0 Å². The number of para-hydroxylation sites is 1. The van der Waals surface area contributed by atoms with Crippen molar-refractivity contribution >= 4 is 60.4 Å². The Morgan fingerprint density at radius 2 is 1.77 bits per heavy atom. The lowest BCUT2D eigenvalue weighted by atomic mass is 10.1. The SMILES string of the molecule is CCn1c2ccccc2c2cc(NS(=O)(=O)c3cccc(/C=C/C(=O)Cl)c3)ccc21. The third-order valence-corrected chi connectivity index (χ3v) is 6.42.